The van der Waals surface area contributed by atoms with E-state index < -0.39 is 0 Å². The van der Waals surface area contributed by atoms with Crippen molar-refractivity contribution < 1.29 is 8.83 Å². The lowest BCUT2D eigenvalue weighted by atomic mass is 10.0. The minimum absolute atomic E-state index is 0.509. The zero-order chi connectivity index (χ0) is 34.9. The van der Waals surface area contributed by atoms with Crippen LogP contribution in [0, 0.1) is 0 Å². The first-order chi connectivity index (χ1) is 26.3. The number of benzene rings is 7. The van der Waals surface area contributed by atoms with Gasteiger partial charge >= 0.3 is 0 Å². The van der Waals surface area contributed by atoms with Gasteiger partial charge in [-0.05, 0) is 48.5 Å². The van der Waals surface area contributed by atoms with E-state index in [1.165, 1.54) is 5.39 Å². The zero-order valence-electron chi connectivity index (χ0n) is 28.1. The number of aromatic nitrogens is 5. The lowest BCUT2D eigenvalue weighted by molar-refractivity contribution is 0.615. The molecule has 0 unspecified atom stereocenters. The van der Waals surface area contributed by atoms with Gasteiger partial charge in [-0.25, -0.2) is 19.9 Å². The number of fused-ring (bicyclic) bond motifs is 7. The van der Waals surface area contributed by atoms with Gasteiger partial charge in [-0.15, -0.1) is 0 Å². The highest BCUT2D eigenvalue weighted by molar-refractivity contribution is 6.15. The Morgan fingerprint density at radius 3 is 1.94 bits per heavy atom. The first-order valence-corrected chi connectivity index (χ1v) is 17.5. The van der Waals surface area contributed by atoms with E-state index in [4.69, 9.17) is 28.8 Å². The molecular weight excluding hydrogens is 655 g/mol. The van der Waals surface area contributed by atoms with Crippen LogP contribution < -0.4 is 0 Å². The molecule has 11 aromatic rings. The molecule has 7 nitrogen and oxygen atoms in total. The second kappa shape index (κ2) is 11.6. The SMILES string of the molecule is c1ccc(-c2nc(-c3ccc4c5ccccc5n(-c5ccccc5)c4c3)nc(-c3cccc4oc5c(-c6nc7ccccc7o6)cccc5c34)n2)cc1. The minimum atomic E-state index is 0.509. The molecular formula is C46H27N5O2. The molecule has 7 aromatic carbocycles. The Morgan fingerprint density at radius 1 is 0.415 bits per heavy atom. The fourth-order valence-electron chi connectivity index (χ4n) is 7.50. The Bertz CT molecular complexity index is 3150. The maximum Gasteiger partial charge on any atom is 0.231 e. The molecule has 0 amide bonds. The molecule has 0 fully saturated rings. The van der Waals surface area contributed by atoms with E-state index in [1.54, 1.807) is 0 Å². The molecule has 248 valence electrons. The summed E-state index contributed by atoms with van der Waals surface area (Å²) in [7, 11) is 0. The van der Waals surface area contributed by atoms with Crippen LogP contribution in [0.1, 0.15) is 0 Å². The van der Waals surface area contributed by atoms with Crippen molar-refractivity contribution in [2.75, 3.05) is 0 Å². The van der Waals surface area contributed by atoms with Gasteiger partial charge in [-0.1, -0.05) is 115 Å². The quantitative estimate of drug-likeness (QED) is 0.180. The fourth-order valence-corrected chi connectivity index (χ4v) is 7.50. The summed E-state index contributed by atoms with van der Waals surface area (Å²) in [5.74, 6) is 2.23. The van der Waals surface area contributed by atoms with E-state index in [1.807, 2.05) is 91.0 Å². The molecule has 53 heavy (non-hydrogen) atoms. The number of rotatable bonds is 5. The van der Waals surface area contributed by atoms with Gasteiger partial charge in [0.05, 0.1) is 16.6 Å². The number of furan rings is 1. The van der Waals surface area contributed by atoms with Crippen molar-refractivity contribution in [1.29, 1.82) is 0 Å². The van der Waals surface area contributed by atoms with Gasteiger partial charge in [0.2, 0.25) is 5.89 Å². The van der Waals surface area contributed by atoms with Crippen LogP contribution >= 0.6 is 0 Å². The van der Waals surface area contributed by atoms with Gasteiger partial charge in [-0.2, -0.15) is 0 Å². The van der Waals surface area contributed by atoms with Crippen LogP contribution in [0.15, 0.2) is 173 Å². The Balaban J connectivity index is 1.14. The summed E-state index contributed by atoms with van der Waals surface area (Å²) in [4.78, 5) is 20.2. The maximum absolute atomic E-state index is 6.58. The fraction of sp³-hybridized carbons (Fsp3) is 0. The third-order valence-corrected chi connectivity index (χ3v) is 9.90. The number of para-hydroxylation sites is 5. The summed E-state index contributed by atoms with van der Waals surface area (Å²) in [6.07, 6.45) is 0. The predicted molar refractivity (Wildman–Crippen MR) is 211 cm³/mol. The van der Waals surface area contributed by atoms with Crippen LogP contribution in [0.3, 0.4) is 0 Å². The summed E-state index contributed by atoms with van der Waals surface area (Å²) >= 11 is 0. The summed E-state index contributed by atoms with van der Waals surface area (Å²) in [5.41, 5.74) is 9.66. The molecule has 0 aliphatic heterocycles. The van der Waals surface area contributed by atoms with E-state index in [-0.39, 0.29) is 0 Å². The molecule has 11 rings (SSSR count). The highest BCUT2D eigenvalue weighted by Gasteiger charge is 2.22. The number of hydrogen-bond donors (Lipinski definition) is 0. The topological polar surface area (TPSA) is 82.8 Å². The summed E-state index contributed by atoms with van der Waals surface area (Å²) in [6, 6.07) is 55.3. The third-order valence-electron chi connectivity index (χ3n) is 9.90. The van der Waals surface area contributed by atoms with Crippen LogP contribution in [-0.2, 0) is 0 Å². The molecule has 0 bridgehead atoms. The van der Waals surface area contributed by atoms with E-state index in [0.717, 1.165) is 71.8 Å². The molecule has 0 aliphatic rings. The maximum atomic E-state index is 6.58. The highest BCUT2D eigenvalue weighted by Crippen LogP contribution is 2.41. The lowest BCUT2D eigenvalue weighted by Gasteiger charge is -2.11. The average molecular weight is 682 g/mol. The molecule has 0 aliphatic carbocycles. The second-order valence-corrected chi connectivity index (χ2v) is 13.0. The number of hydrogen-bond acceptors (Lipinski definition) is 6. The molecule has 4 aromatic heterocycles. The lowest BCUT2D eigenvalue weighted by Crippen LogP contribution is -2.00. The largest absolute Gasteiger partial charge is 0.455 e. The third kappa shape index (κ3) is 4.68. The van der Waals surface area contributed by atoms with Crippen molar-refractivity contribution in [3.63, 3.8) is 0 Å². The molecule has 0 spiro atoms. The van der Waals surface area contributed by atoms with Gasteiger partial charge in [0.1, 0.15) is 16.7 Å². The van der Waals surface area contributed by atoms with Crippen molar-refractivity contribution >= 4 is 54.8 Å². The smallest absolute Gasteiger partial charge is 0.231 e. The van der Waals surface area contributed by atoms with Crippen molar-refractivity contribution in [3.8, 4) is 51.3 Å². The van der Waals surface area contributed by atoms with E-state index in [9.17, 15) is 0 Å². The van der Waals surface area contributed by atoms with E-state index in [0.29, 0.717) is 28.9 Å². The Morgan fingerprint density at radius 2 is 1.08 bits per heavy atom. The zero-order valence-corrected chi connectivity index (χ0v) is 28.1. The number of oxazole rings is 1. The van der Waals surface area contributed by atoms with Crippen molar-refractivity contribution in [3.05, 3.63) is 164 Å². The second-order valence-electron chi connectivity index (χ2n) is 13.0. The van der Waals surface area contributed by atoms with Gasteiger partial charge < -0.3 is 13.4 Å². The first-order valence-electron chi connectivity index (χ1n) is 17.5. The standard InChI is InChI=1S/C46H27N5O2/c1-3-13-28(14-4-1)43-48-44(29-25-26-32-31-17-7-9-22-37(31)51(38(32)27-29)30-15-5-2-6-16-30)50-45(49-43)34-19-12-24-40-41(34)33-18-11-20-35(42(33)52-40)46-47-36-21-8-10-23-39(36)53-46/h1-27H. The van der Waals surface area contributed by atoms with Gasteiger partial charge in [0.15, 0.2) is 23.1 Å². The molecule has 0 N–H and O–H groups in total. The summed E-state index contributed by atoms with van der Waals surface area (Å²) in [6.45, 7) is 0. The summed E-state index contributed by atoms with van der Waals surface area (Å²) < 4.78 is 15.1. The molecule has 4 heterocycles. The first kappa shape index (κ1) is 29.4. The Labute approximate surface area is 302 Å². The average Bonchev–Trinajstić information content (AvgIpc) is 3.93. The highest BCUT2D eigenvalue weighted by atomic mass is 16.4. The van der Waals surface area contributed by atoms with Crippen LogP contribution in [0.4, 0.5) is 0 Å². The van der Waals surface area contributed by atoms with Crippen molar-refractivity contribution in [2.45, 2.75) is 0 Å². The van der Waals surface area contributed by atoms with E-state index in [2.05, 4.69) is 77.4 Å². The van der Waals surface area contributed by atoms with Crippen molar-refractivity contribution in [1.82, 2.24) is 24.5 Å². The Hall–Kier alpha value is -7.38. The van der Waals surface area contributed by atoms with Crippen molar-refractivity contribution in [2.24, 2.45) is 0 Å². The molecule has 0 radical (unpaired) electrons. The number of nitrogens with zero attached hydrogens (tertiary/aromatic N) is 5. The van der Waals surface area contributed by atoms with Crippen LogP contribution in [0.25, 0.3) is 106 Å². The monoisotopic (exact) mass is 681 g/mol. The normalized spacial score (nSPS) is 11.8. The summed E-state index contributed by atoms with van der Waals surface area (Å²) in [5, 5.41) is 4.19. The van der Waals surface area contributed by atoms with Gasteiger partial charge in [-0.3, -0.25) is 0 Å². The van der Waals surface area contributed by atoms with Crippen LogP contribution in [0.5, 0.6) is 0 Å². The van der Waals surface area contributed by atoms with Crippen LogP contribution in [0.2, 0.25) is 0 Å². The van der Waals surface area contributed by atoms with Gasteiger partial charge in [0, 0.05) is 43.9 Å². The Kier molecular flexibility index (Phi) is 6.42. The minimum Gasteiger partial charge on any atom is -0.455 e. The van der Waals surface area contributed by atoms with E-state index >= 15 is 0 Å². The molecule has 7 heteroatoms. The predicted octanol–water partition coefficient (Wildman–Crippen LogP) is 11.7. The van der Waals surface area contributed by atoms with Gasteiger partial charge in [0.25, 0.3) is 0 Å². The molecule has 0 saturated carbocycles. The molecule has 0 atom stereocenters. The van der Waals surface area contributed by atoms with Crippen LogP contribution in [-0.4, -0.2) is 24.5 Å². The molecule has 0 saturated heterocycles.